The first-order valence-corrected chi connectivity index (χ1v) is 7.12. The Morgan fingerprint density at radius 1 is 1.16 bits per heavy atom. The smallest absolute Gasteiger partial charge is 0.124 e. The van der Waals surface area contributed by atoms with Gasteiger partial charge in [-0.05, 0) is 24.5 Å². The van der Waals surface area contributed by atoms with E-state index in [9.17, 15) is 0 Å². The number of hydrogen-bond acceptors (Lipinski definition) is 3. The summed E-state index contributed by atoms with van der Waals surface area (Å²) in [5, 5.41) is 0. The van der Waals surface area contributed by atoms with Crippen molar-refractivity contribution in [2.45, 2.75) is 44.1 Å². The largest absolute Gasteiger partial charge is 0.496 e. The highest BCUT2D eigenvalue weighted by atomic mass is 16.5. The van der Waals surface area contributed by atoms with Crippen molar-refractivity contribution in [3.63, 3.8) is 0 Å². The summed E-state index contributed by atoms with van der Waals surface area (Å²) in [6, 6.07) is 6.48. The van der Waals surface area contributed by atoms with Gasteiger partial charge >= 0.3 is 0 Å². The molecule has 2 rings (SSSR count). The van der Waals surface area contributed by atoms with Crippen LogP contribution in [-0.2, 0) is 16.8 Å². The van der Waals surface area contributed by atoms with E-state index < -0.39 is 0 Å². The van der Waals surface area contributed by atoms with E-state index >= 15 is 0 Å². The fourth-order valence-corrected chi connectivity index (χ4v) is 3.19. The van der Waals surface area contributed by atoms with Crippen molar-refractivity contribution >= 4 is 0 Å². The molecule has 0 heterocycles. The first-order valence-electron chi connectivity index (χ1n) is 7.12. The van der Waals surface area contributed by atoms with Gasteiger partial charge in [-0.25, -0.2) is 0 Å². The van der Waals surface area contributed by atoms with Gasteiger partial charge in [-0.15, -0.1) is 0 Å². The van der Waals surface area contributed by atoms with Crippen LogP contribution in [0.2, 0.25) is 0 Å². The maximum absolute atomic E-state index is 6.09. The lowest BCUT2D eigenvalue weighted by atomic mass is 9.69. The maximum atomic E-state index is 6.09. The first kappa shape index (κ1) is 14.4. The van der Waals surface area contributed by atoms with Crippen molar-refractivity contribution in [3.05, 3.63) is 29.3 Å². The predicted molar refractivity (Wildman–Crippen MR) is 77.5 cm³/mol. The Morgan fingerprint density at radius 3 is 2.47 bits per heavy atom. The molecule has 1 aliphatic rings. The molecule has 1 aromatic carbocycles. The number of methoxy groups -OCH3 is 2. The zero-order valence-corrected chi connectivity index (χ0v) is 12.1. The van der Waals surface area contributed by atoms with E-state index in [0.717, 1.165) is 17.9 Å². The lowest BCUT2D eigenvalue weighted by Gasteiger charge is -2.37. The summed E-state index contributed by atoms with van der Waals surface area (Å²) in [6.45, 7) is 1.30. The summed E-state index contributed by atoms with van der Waals surface area (Å²) in [5.74, 6) is 0.915. The Labute approximate surface area is 116 Å². The molecular weight excluding hydrogens is 238 g/mol. The van der Waals surface area contributed by atoms with E-state index in [0.29, 0.717) is 6.61 Å². The lowest BCUT2D eigenvalue weighted by molar-refractivity contribution is 0.181. The minimum Gasteiger partial charge on any atom is -0.496 e. The molecule has 3 nitrogen and oxygen atoms in total. The molecule has 0 aromatic heterocycles. The molecule has 1 fully saturated rings. The standard InChI is InChI=1S/C16H25NO2/c1-18-11-13-6-7-14(10-15(13)19-2)16(12-17)8-4-3-5-9-16/h6-7,10H,3-5,8-9,11-12,17H2,1-2H3. The third kappa shape index (κ3) is 2.93. The van der Waals surface area contributed by atoms with Gasteiger partial charge in [0.15, 0.2) is 0 Å². The Kier molecular flexibility index (Phi) is 4.83. The van der Waals surface area contributed by atoms with Crippen molar-refractivity contribution < 1.29 is 9.47 Å². The van der Waals surface area contributed by atoms with Crippen LogP contribution >= 0.6 is 0 Å². The van der Waals surface area contributed by atoms with Crippen molar-refractivity contribution in [2.24, 2.45) is 5.73 Å². The number of rotatable bonds is 5. The Morgan fingerprint density at radius 2 is 1.89 bits per heavy atom. The zero-order valence-electron chi connectivity index (χ0n) is 12.1. The second-order valence-corrected chi connectivity index (χ2v) is 5.50. The van der Waals surface area contributed by atoms with Gasteiger partial charge in [-0.1, -0.05) is 31.4 Å². The third-order valence-electron chi connectivity index (χ3n) is 4.40. The quantitative estimate of drug-likeness (QED) is 0.888. The zero-order chi connectivity index (χ0) is 13.7. The second kappa shape index (κ2) is 6.40. The van der Waals surface area contributed by atoms with Gasteiger partial charge in [0.1, 0.15) is 5.75 Å². The van der Waals surface area contributed by atoms with Crippen LogP contribution in [0.15, 0.2) is 18.2 Å². The van der Waals surface area contributed by atoms with Crippen LogP contribution in [0.1, 0.15) is 43.2 Å². The number of hydrogen-bond donors (Lipinski definition) is 1. The minimum absolute atomic E-state index is 0.150. The van der Waals surface area contributed by atoms with Crippen molar-refractivity contribution in [1.82, 2.24) is 0 Å². The predicted octanol–water partition coefficient (Wildman–Crippen LogP) is 3.00. The van der Waals surface area contributed by atoms with E-state index in [4.69, 9.17) is 15.2 Å². The molecule has 0 aliphatic heterocycles. The average Bonchev–Trinajstić information content (AvgIpc) is 2.48. The SMILES string of the molecule is COCc1ccc(C2(CN)CCCCC2)cc1OC. The highest BCUT2D eigenvalue weighted by molar-refractivity contribution is 5.41. The Bertz CT molecular complexity index is 411. The first-order chi connectivity index (χ1) is 9.25. The summed E-state index contributed by atoms with van der Waals surface area (Å²) in [7, 11) is 3.42. The molecule has 0 unspecified atom stereocenters. The molecule has 1 aromatic rings. The Hall–Kier alpha value is -1.06. The molecule has 0 amide bonds. The second-order valence-electron chi connectivity index (χ2n) is 5.50. The molecular formula is C16H25NO2. The monoisotopic (exact) mass is 263 g/mol. The maximum Gasteiger partial charge on any atom is 0.124 e. The summed E-state index contributed by atoms with van der Waals surface area (Å²) in [4.78, 5) is 0. The van der Waals surface area contributed by atoms with Gasteiger partial charge < -0.3 is 15.2 Å². The van der Waals surface area contributed by atoms with Crippen LogP contribution in [0.4, 0.5) is 0 Å². The molecule has 0 spiro atoms. The van der Waals surface area contributed by atoms with Gasteiger partial charge in [-0.3, -0.25) is 0 Å². The molecule has 19 heavy (non-hydrogen) atoms. The van der Waals surface area contributed by atoms with Gasteiger partial charge in [0.25, 0.3) is 0 Å². The number of nitrogens with two attached hydrogens (primary N) is 1. The summed E-state index contributed by atoms with van der Waals surface area (Å²) < 4.78 is 10.7. The van der Waals surface area contributed by atoms with E-state index in [1.54, 1.807) is 14.2 Å². The van der Waals surface area contributed by atoms with E-state index in [-0.39, 0.29) is 5.41 Å². The van der Waals surface area contributed by atoms with Crippen molar-refractivity contribution in [1.29, 1.82) is 0 Å². The van der Waals surface area contributed by atoms with Gasteiger partial charge in [0, 0.05) is 24.6 Å². The topological polar surface area (TPSA) is 44.5 Å². The van der Waals surface area contributed by atoms with Crippen LogP contribution in [0.3, 0.4) is 0 Å². The minimum atomic E-state index is 0.150. The number of ether oxygens (including phenoxy) is 2. The molecule has 2 N–H and O–H groups in total. The van der Waals surface area contributed by atoms with E-state index in [1.807, 2.05) is 0 Å². The Balaban J connectivity index is 2.33. The van der Waals surface area contributed by atoms with Gasteiger partial charge in [-0.2, -0.15) is 0 Å². The fraction of sp³-hybridized carbons (Fsp3) is 0.625. The normalized spacial score (nSPS) is 18.3. The molecule has 0 saturated heterocycles. The summed E-state index contributed by atoms with van der Waals surface area (Å²) >= 11 is 0. The van der Waals surface area contributed by atoms with E-state index in [1.165, 1.54) is 37.7 Å². The molecule has 1 aliphatic carbocycles. The van der Waals surface area contributed by atoms with E-state index in [2.05, 4.69) is 18.2 Å². The van der Waals surface area contributed by atoms with Gasteiger partial charge in [0.2, 0.25) is 0 Å². The average molecular weight is 263 g/mol. The van der Waals surface area contributed by atoms with Crippen LogP contribution in [0.5, 0.6) is 5.75 Å². The molecule has 0 atom stereocenters. The molecule has 1 saturated carbocycles. The van der Waals surface area contributed by atoms with Crippen LogP contribution < -0.4 is 10.5 Å². The molecule has 0 bridgehead atoms. The summed E-state index contributed by atoms with van der Waals surface area (Å²) in [5.41, 5.74) is 8.66. The third-order valence-corrected chi connectivity index (χ3v) is 4.40. The lowest BCUT2D eigenvalue weighted by Crippen LogP contribution is -2.37. The van der Waals surface area contributed by atoms with Crippen LogP contribution in [0, 0.1) is 0 Å². The molecule has 3 heteroatoms. The number of benzene rings is 1. The highest BCUT2D eigenvalue weighted by Gasteiger charge is 2.32. The van der Waals surface area contributed by atoms with Crippen LogP contribution in [0.25, 0.3) is 0 Å². The van der Waals surface area contributed by atoms with Gasteiger partial charge in [0.05, 0.1) is 13.7 Å². The summed E-state index contributed by atoms with van der Waals surface area (Å²) in [6.07, 6.45) is 6.27. The molecule has 106 valence electrons. The van der Waals surface area contributed by atoms with Crippen LogP contribution in [-0.4, -0.2) is 20.8 Å². The van der Waals surface area contributed by atoms with Crippen molar-refractivity contribution in [2.75, 3.05) is 20.8 Å². The van der Waals surface area contributed by atoms with Crippen molar-refractivity contribution in [3.8, 4) is 5.75 Å². The fourth-order valence-electron chi connectivity index (χ4n) is 3.19. The molecule has 0 radical (unpaired) electrons. The highest BCUT2D eigenvalue weighted by Crippen LogP contribution is 2.40.